The second kappa shape index (κ2) is 8.66. The van der Waals surface area contributed by atoms with Crippen molar-refractivity contribution in [2.75, 3.05) is 18.4 Å². The largest absolute Gasteiger partial charge is 0.346 e. The first kappa shape index (κ1) is 21.7. The molecule has 33 heavy (non-hydrogen) atoms. The topological polar surface area (TPSA) is 102 Å². The van der Waals surface area contributed by atoms with E-state index < -0.39 is 5.41 Å². The van der Waals surface area contributed by atoms with E-state index in [2.05, 4.69) is 34.4 Å². The van der Waals surface area contributed by atoms with Crippen LogP contribution in [-0.4, -0.2) is 39.8 Å². The fourth-order valence-electron chi connectivity index (χ4n) is 5.36. The highest BCUT2D eigenvalue weighted by molar-refractivity contribution is 5.97. The number of fused-ring (bicyclic) bond motifs is 1. The van der Waals surface area contributed by atoms with Gasteiger partial charge in [-0.15, -0.1) is 0 Å². The smallest absolute Gasteiger partial charge is 0.228 e. The van der Waals surface area contributed by atoms with Crippen LogP contribution >= 0.6 is 0 Å². The van der Waals surface area contributed by atoms with E-state index in [1.807, 2.05) is 23.2 Å². The number of carbonyl (C=O) groups excluding carboxylic acids is 2. The van der Waals surface area contributed by atoms with Crippen molar-refractivity contribution < 1.29 is 9.59 Å². The molecule has 3 heterocycles. The number of H-pyrrole nitrogens is 1. The lowest BCUT2D eigenvalue weighted by molar-refractivity contribution is -0.133. The second-order valence-corrected chi connectivity index (χ2v) is 10.0. The van der Waals surface area contributed by atoms with Crippen molar-refractivity contribution in [3.8, 4) is 6.07 Å². The van der Waals surface area contributed by atoms with Gasteiger partial charge >= 0.3 is 0 Å². The maximum atomic E-state index is 13.1. The van der Waals surface area contributed by atoms with Crippen LogP contribution in [0.5, 0.6) is 0 Å². The molecule has 2 N–H and O–H groups in total. The number of pyridine rings is 1. The van der Waals surface area contributed by atoms with Crippen molar-refractivity contribution in [3.05, 3.63) is 30.0 Å². The molecule has 0 spiro atoms. The Balaban J connectivity index is 1.36. The standard InChI is InChI=1S/C26H31N5O2/c1-17-15-31(23(32)14-26(16-27)9-3-2-4-10-26)12-8-19(17)21-13-22(30-25(33)18-5-6-18)29-24-20(21)7-11-28-24/h7-8,11,13,17-18H,2-6,9-10,12,14-15H2,1H3,(H2,28,29,30,33). The Morgan fingerprint density at radius 1 is 1.30 bits per heavy atom. The number of nitriles is 1. The van der Waals surface area contributed by atoms with E-state index in [-0.39, 0.29) is 23.7 Å². The van der Waals surface area contributed by atoms with Gasteiger partial charge in [0.25, 0.3) is 0 Å². The van der Waals surface area contributed by atoms with E-state index in [0.29, 0.717) is 25.3 Å². The molecule has 2 aromatic heterocycles. The third kappa shape index (κ3) is 4.39. The minimum Gasteiger partial charge on any atom is -0.346 e. The number of aromatic nitrogens is 2. The Bertz CT molecular complexity index is 1150. The van der Waals surface area contributed by atoms with Crippen LogP contribution in [0.15, 0.2) is 24.4 Å². The number of hydrogen-bond acceptors (Lipinski definition) is 4. The third-order valence-corrected chi connectivity index (χ3v) is 7.49. The van der Waals surface area contributed by atoms with Crippen molar-refractivity contribution in [2.45, 2.75) is 58.3 Å². The fourth-order valence-corrected chi connectivity index (χ4v) is 5.36. The normalized spacial score (nSPS) is 22.5. The lowest BCUT2D eigenvalue weighted by Crippen LogP contribution is -2.41. The molecule has 7 heteroatoms. The number of aromatic amines is 1. The summed E-state index contributed by atoms with van der Waals surface area (Å²) in [6.07, 6.45) is 11.1. The van der Waals surface area contributed by atoms with E-state index in [1.165, 1.54) is 5.57 Å². The van der Waals surface area contributed by atoms with Crippen LogP contribution < -0.4 is 5.32 Å². The Kier molecular flexibility index (Phi) is 5.69. The molecule has 0 aromatic carbocycles. The molecule has 2 amide bonds. The number of hydrogen-bond donors (Lipinski definition) is 2. The molecule has 2 aromatic rings. The van der Waals surface area contributed by atoms with E-state index in [0.717, 1.165) is 61.5 Å². The summed E-state index contributed by atoms with van der Waals surface area (Å²) in [4.78, 5) is 35.1. The molecule has 172 valence electrons. The van der Waals surface area contributed by atoms with Gasteiger partial charge in [-0.05, 0) is 54.9 Å². The Morgan fingerprint density at radius 3 is 2.79 bits per heavy atom. The summed E-state index contributed by atoms with van der Waals surface area (Å²) < 4.78 is 0. The maximum absolute atomic E-state index is 13.1. The van der Waals surface area contributed by atoms with E-state index in [1.54, 1.807) is 0 Å². The first-order chi connectivity index (χ1) is 16.0. The van der Waals surface area contributed by atoms with E-state index >= 15 is 0 Å². The minimum atomic E-state index is -0.486. The first-order valence-electron chi connectivity index (χ1n) is 12.2. The lowest BCUT2D eigenvalue weighted by Gasteiger charge is -2.35. The summed E-state index contributed by atoms with van der Waals surface area (Å²) in [5.41, 5.74) is 2.48. The molecule has 2 saturated carbocycles. The molecular formula is C26H31N5O2. The van der Waals surface area contributed by atoms with Crippen LogP contribution in [0.2, 0.25) is 0 Å². The second-order valence-electron chi connectivity index (χ2n) is 10.0. The summed E-state index contributed by atoms with van der Waals surface area (Å²) in [6, 6.07) is 6.45. The van der Waals surface area contributed by atoms with Gasteiger partial charge in [0.2, 0.25) is 11.8 Å². The monoisotopic (exact) mass is 445 g/mol. The molecule has 0 saturated heterocycles. The number of anilines is 1. The maximum Gasteiger partial charge on any atom is 0.228 e. The predicted molar refractivity (Wildman–Crippen MR) is 127 cm³/mol. The molecule has 0 radical (unpaired) electrons. The molecule has 1 atom stereocenters. The molecule has 0 bridgehead atoms. The molecule has 3 aliphatic rings. The average molecular weight is 446 g/mol. The number of nitrogens with one attached hydrogen (secondary N) is 2. The molecular weight excluding hydrogens is 414 g/mol. The van der Waals surface area contributed by atoms with Gasteiger partial charge in [0.1, 0.15) is 11.5 Å². The summed E-state index contributed by atoms with van der Waals surface area (Å²) in [5, 5.41) is 13.8. The van der Waals surface area contributed by atoms with Gasteiger partial charge in [0.15, 0.2) is 0 Å². The van der Waals surface area contributed by atoms with Gasteiger partial charge in [0, 0.05) is 37.0 Å². The van der Waals surface area contributed by atoms with Gasteiger partial charge < -0.3 is 15.2 Å². The van der Waals surface area contributed by atoms with Crippen LogP contribution in [0.4, 0.5) is 5.82 Å². The minimum absolute atomic E-state index is 0.0379. The van der Waals surface area contributed by atoms with E-state index in [9.17, 15) is 14.9 Å². The summed E-state index contributed by atoms with van der Waals surface area (Å²) in [5.74, 6) is 0.939. The number of carbonyl (C=O) groups is 2. The van der Waals surface area contributed by atoms with E-state index in [4.69, 9.17) is 0 Å². The molecule has 1 unspecified atom stereocenters. The summed E-state index contributed by atoms with van der Waals surface area (Å²) in [7, 11) is 0. The van der Waals surface area contributed by atoms with Crippen LogP contribution in [0.1, 0.15) is 63.9 Å². The van der Waals surface area contributed by atoms with Crippen LogP contribution in [-0.2, 0) is 9.59 Å². The zero-order valence-electron chi connectivity index (χ0n) is 19.2. The zero-order chi connectivity index (χ0) is 23.0. The van der Waals surface area contributed by atoms with Gasteiger partial charge in [-0.25, -0.2) is 4.98 Å². The summed E-state index contributed by atoms with van der Waals surface area (Å²) in [6.45, 7) is 3.30. The fraction of sp³-hybridized carbons (Fsp3) is 0.538. The van der Waals surface area contributed by atoms with Crippen molar-refractivity contribution >= 4 is 34.2 Å². The van der Waals surface area contributed by atoms with Crippen LogP contribution in [0, 0.1) is 28.6 Å². The molecule has 7 nitrogen and oxygen atoms in total. The Labute approximate surface area is 194 Å². The van der Waals surface area contributed by atoms with Crippen LogP contribution in [0.3, 0.4) is 0 Å². The highest BCUT2D eigenvalue weighted by Crippen LogP contribution is 2.40. The highest BCUT2D eigenvalue weighted by Gasteiger charge is 2.37. The SMILES string of the molecule is CC1CN(C(=O)CC2(C#N)CCCCC2)CC=C1c1cc(NC(=O)C2CC2)nc2[nH]ccc12. The van der Waals surface area contributed by atoms with Crippen LogP contribution in [0.25, 0.3) is 16.6 Å². The van der Waals surface area contributed by atoms with Crippen molar-refractivity contribution in [3.63, 3.8) is 0 Å². The average Bonchev–Trinajstić information content (AvgIpc) is 3.57. The molecule has 1 aliphatic heterocycles. The third-order valence-electron chi connectivity index (χ3n) is 7.49. The summed E-state index contributed by atoms with van der Waals surface area (Å²) >= 11 is 0. The van der Waals surface area contributed by atoms with Gasteiger partial charge in [-0.2, -0.15) is 5.26 Å². The predicted octanol–water partition coefficient (Wildman–Crippen LogP) is 4.64. The first-order valence-corrected chi connectivity index (χ1v) is 12.2. The number of amides is 2. The molecule has 5 rings (SSSR count). The quantitative estimate of drug-likeness (QED) is 0.700. The van der Waals surface area contributed by atoms with Crippen molar-refractivity contribution in [1.82, 2.24) is 14.9 Å². The number of nitrogens with zero attached hydrogens (tertiary/aromatic N) is 3. The van der Waals surface area contributed by atoms with Gasteiger partial charge in [0.05, 0.1) is 11.5 Å². The van der Waals surface area contributed by atoms with Crippen molar-refractivity contribution in [2.24, 2.45) is 17.3 Å². The van der Waals surface area contributed by atoms with Gasteiger partial charge in [-0.3, -0.25) is 9.59 Å². The highest BCUT2D eigenvalue weighted by atomic mass is 16.2. The number of rotatable bonds is 5. The van der Waals surface area contributed by atoms with Gasteiger partial charge in [-0.1, -0.05) is 32.3 Å². The zero-order valence-corrected chi connectivity index (χ0v) is 19.2. The van der Waals surface area contributed by atoms with Crippen molar-refractivity contribution in [1.29, 1.82) is 5.26 Å². The lowest BCUT2D eigenvalue weighted by atomic mass is 9.72. The molecule has 2 aliphatic carbocycles. The molecule has 2 fully saturated rings. The Morgan fingerprint density at radius 2 is 2.09 bits per heavy atom. The Hall–Kier alpha value is -3.14.